The van der Waals surface area contributed by atoms with E-state index in [4.69, 9.17) is 14.7 Å². The second kappa shape index (κ2) is 6.79. The van der Waals surface area contributed by atoms with E-state index in [0.29, 0.717) is 5.92 Å². The van der Waals surface area contributed by atoms with Crippen molar-refractivity contribution < 1.29 is 9.53 Å². The predicted octanol–water partition coefficient (Wildman–Crippen LogP) is 4.07. The van der Waals surface area contributed by atoms with E-state index in [0.717, 1.165) is 72.8 Å². The number of piperidine rings is 1. The number of ether oxygens (including phenoxy) is 1. The van der Waals surface area contributed by atoms with Gasteiger partial charge in [-0.15, -0.1) is 0 Å². The summed E-state index contributed by atoms with van der Waals surface area (Å²) in [5, 5.41) is 0. The molecule has 1 saturated carbocycles. The van der Waals surface area contributed by atoms with Crippen molar-refractivity contribution in [2.24, 2.45) is 0 Å². The van der Waals surface area contributed by atoms with Gasteiger partial charge in [-0.2, -0.15) is 4.98 Å². The molecule has 0 radical (unpaired) electrons. The van der Waals surface area contributed by atoms with Crippen LogP contribution in [0.5, 0.6) is 0 Å². The zero-order valence-electron chi connectivity index (χ0n) is 16.9. The third-order valence-electron chi connectivity index (χ3n) is 6.99. The minimum atomic E-state index is -0.461. The van der Waals surface area contributed by atoms with Gasteiger partial charge in [-0.1, -0.05) is 18.2 Å². The summed E-state index contributed by atoms with van der Waals surface area (Å²) in [6.45, 7) is 2.04. The maximum Gasteiger partial charge on any atom is 0.339 e. The Kier molecular flexibility index (Phi) is 4.04. The number of nitrogens with zero attached hydrogens (tertiary/aromatic N) is 4. The normalized spacial score (nSPS) is 26.2. The van der Waals surface area contributed by atoms with Crippen LogP contribution in [0.4, 0.5) is 5.95 Å². The molecule has 2 aliphatic heterocycles. The molecule has 4 heterocycles. The lowest BCUT2D eigenvalue weighted by Crippen LogP contribution is -2.31. The minimum Gasteiger partial charge on any atom is -0.451 e. The first-order valence-electron chi connectivity index (χ1n) is 11.0. The SMILES string of the molecule is O=C1O[C@]2(CC[C@H](c3nc4nc(N5CCCCC5)ncc4[nH]3)CC2)c2ccccc21. The summed E-state index contributed by atoms with van der Waals surface area (Å²) in [6, 6.07) is 7.81. The molecule has 0 amide bonds. The first-order chi connectivity index (χ1) is 14.7. The molecule has 2 aromatic heterocycles. The average Bonchev–Trinajstić information content (AvgIpc) is 3.34. The molecule has 1 N–H and O–H groups in total. The van der Waals surface area contributed by atoms with Gasteiger partial charge < -0.3 is 14.6 Å². The Bertz CT molecular complexity index is 1110. The third-order valence-corrected chi connectivity index (χ3v) is 6.99. The number of H-pyrrole nitrogens is 1. The van der Waals surface area contributed by atoms with Gasteiger partial charge in [-0.05, 0) is 51.0 Å². The molecule has 0 bridgehead atoms. The molecule has 1 aromatic carbocycles. The zero-order valence-corrected chi connectivity index (χ0v) is 16.9. The van der Waals surface area contributed by atoms with Gasteiger partial charge in [0, 0.05) is 24.6 Å². The highest BCUT2D eigenvalue weighted by molar-refractivity contribution is 5.94. The number of esters is 1. The largest absolute Gasteiger partial charge is 0.451 e. The van der Waals surface area contributed by atoms with Crippen LogP contribution in [0.25, 0.3) is 11.2 Å². The van der Waals surface area contributed by atoms with Gasteiger partial charge in [-0.3, -0.25) is 0 Å². The quantitative estimate of drug-likeness (QED) is 0.650. The summed E-state index contributed by atoms with van der Waals surface area (Å²) >= 11 is 0. The van der Waals surface area contributed by atoms with Crippen molar-refractivity contribution in [1.82, 2.24) is 19.9 Å². The lowest BCUT2D eigenvalue weighted by atomic mass is 9.75. The third kappa shape index (κ3) is 2.79. The van der Waals surface area contributed by atoms with Crippen molar-refractivity contribution in [3.8, 4) is 0 Å². The first-order valence-corrected chi connectivity index (χ1v) is 11.0. The second-order valence-electron chi connectivity index (χ2n) is 8.78. The molecule has 1 saturated heterocycles. The number of nitrogens with one attached hydrogen (secondary N) is 1. The van der Waals surface area contributed by atoms with Gasteiger partial charge in [0.2, 0.25) is 5.95 Å². The Balaban J connectivity index is 1.22. The van der Waals surface area contributed by atoms with Gasteiger partial charge in [0.1, 0.15) is 16.9 Å². The lowest BCUT2D eigenvalue weighted by Gasteiger charge is -2.35. The predicted molar refractivity (Wildman–Crippen MR) is 112 cm³/mol. The average molecular weight is 403 g/mol. The van der Waals surface area contributed by atoms with Crippen LogP contribution in [0.3, 0.4) is 0 Å². The van der Waals surface area contributed by atoms with E-state index in [1.165, 1.54) is 19.3 Å². The van der Waals surface area contributed by atoms with Crippen LogP contribution in [0.2, 0.25) is 0 Å². The van der Waals surface area contributed by atoms with E-state index in [9.17, 15) is 4.79 Å². The van der Waals surface area contributed by atoms with Crippen LogP contribution in [-0.2, 0) is 10.3 Å². The molecule has 7 nitrogen and oxygen atoms in total. The van der Waals surface area contributed by atoms with Crippen molar-refractivity contribution in [1.29, 1.82) is 0 Å². The minimum absolute atomic E-state index is 0.187. The number of imidazole rings is 1. The van der Waals surface area contributed by atoms with Crippen molar-refractivity contribution in [2.75, 3.05) is 18.0 Å². The molecular formula is C23H25N5O2. The Morgan fingerprint density at radius 3 is 2.70 bits per heavy atom. The Morgan fingerprint density at radius 1 is 1.07 bits per heavy atom. The fraction of sp³-hybridized carbons (Fsp3) is 0.478. The highest BCUT2D eigenvalue weighted by Crippen LogP contribution is 2.49. The van der Waals surface area contributed by atoms with Crippen LogP contribution < -0.4 is 4.90 Å². The Hall–Kier alpha value is -2.96. The van der Waals surface area contributed by atoms with E-state index in [1.807, 2.05) is 30.5 Å². The number of fused-ring (bicyclic) bond motifs is 3. The molecule has 0 atom stereocenters. The number of hydrogen-bond donors (Lipinski definition) is 1. The van der Waals surface area contributed by atoms with Gasteiger partial charge in [-0.25, -0.2) is 14.8 Å². The summed E-state index contributed by atoms with van der Waals surface area (Å²) < 4.78 is 5.89. The van der Waals surface area contributed by atoms with Gasteiger partial charge in [0.25, 0.3) is 0 Å². The molecule has 0 unspecified atom stereocenters. The fourth-order valence-corrected chi connectivity index (χ4v) is 5.33. The maximum absolute atomic E-state index is 12.3. The van der Waals surface area contributed by atoms with Crippen LogP contribution in [0.15, 0.2) is 30.5 Å². The van der Waals surface area contributed by atoms with Crippen LogP contribution in [0, 0.1) is 0 Å². The Labute approximate surface area is 174 Å². The van der Waals surface area contributed by atoms with E-state index in [-0.39, 0.29) is 5.97 Å². The first kappa shape index (κ1) is 17.9. The molecule has 1 aliphatic carbocycles. The molecule has 3 aliphatic rings. The second-order valence-corrected chi connectivity index (χ2v) is 8.78. The van der Waals surface area contributed by atoms with Gasteiger partial charge in [0.15, 0.2) is 5.65 Å². The summed E-state index contributed by atoms with van der Waals surface area (Å²) in [6.07, 6.45) is 9.04. The number of anilines is 1. The fourth-order valence-electron chi connectivity index (χ4n) is 5.33. The molecule has 7 heteroatoms. The van der Waals surface area contributed by atoms with E-state index in [2.05, 4.69) is 14.9 Å². The van der Waals surface area contributed by atoms with E-state index >= 15 is 0 Å². The summed E-state index contributed by atoms with van der Waals surface area (Å²) in [5.74, 6) is 1.89. The van der Waals surface area contributed by atoms with Gasteiger partial charge >= 0.3 is 5.97 Å². The number of benzene rings is 1. The van der Waals surface area contributed by atoms with Crippen molar-refractivity contribution in [3.63, 3.8) is 0 Å². The zero-order chi connectivity index (χ0) is 20.1. The highest BCUT2D eigenvalue weighted by atomic mass is 16.6. The van der Waals surface area contributed by atoms with Crippen molar-refractivity contribution >= 4 is 23.1 Å². The molecule has 154 valence electrons. The van der Waals surface area contributed by atoms with E-state index < -0.39 is 5.60 Å². The molecule has 6 rings (SSSR count). The number of carbonyl (C=O) groups is 1. The van der Waals surface area contributed by atoms with E-state index in [1.54, 1.807) is 0 Å². The van der Waals surface area contributed by atoms with Gasteiger partial charge in [0.05, 0.1) is 11.8 Å². The van der Waals surface area contributed by atoms with Crippen molar-refractivity contribution in [3.05, 3.63) is 47.4 Å². The number of aromatic amines is 1. The summed E-state index contributed by atoms with van der Waals surface area (Å²) in [5.41, 5.74) is 2.95. The van der Waals surface area contributed by atoms with Crippen LogP contribution in [0.1, 0.15) is 72.6 Å². The Morgan fingerprint density at radius 2 is 1.87 bits per heavy atom. The highest BCUT2D eigenvalue weighted by Gasteiger charge is 2.47. The molecule has 30 heavy (non-hydrogen) atoms. The number of carbonyl (C=O) groups excluding carboxylic acids is 1. The summed E-state index contributed by atoms with van der Waals surface area (Å²) in [4.78, 5) is 32.1. The smallest absolute Gasteiger partial charge is 0.339 e. The molecule has 2 fully saturated rings. The lowest BCUT2D eigenvalue weighted by molar-refractivity contribution is -0.0312. The molecular weight excluding hydrogens is 378 g/mol. The standard InChI is InChI=1S/C23H25N5O2/c29-21-16-6-2-3-7-17(16)23(30-21)10-8-15(9-11-23)19-25-18-14-24-22(27-20(18)26-19)28-12-4-1-5-13-28/h2-3,6-7,14-15H,1,4-5,8-13H2,(H,24,25,26,27)/t15-,23-. The monoisotopic (exact) mass is 403 g/mol. The van der Waals surface area contributed by atoms with Crippen LogP contribution in [-0.4, -0.2) is 39.0 Å². The topological polar surface area (TPSA) is 84.0 Å². The maximum atomic E-state index is 12.3. The number of hydrogen-bond acceptors (Lipinski definition) is 6. The summed E-state index contributed by atoms with van der Waals surface area (Å²) in [7, 11) is 0. The van der Waals surface area contributed by atoms with Crippen LogP contribution >= 0.6 is 0 Å². The number of aromatic nitrogens is 4. The number of rotatable bonds is 2. The van der Waals surface area contributed by atoms with Crippen molar-refractivity contribution in [2.45, 2.75) is 56.5 Å². The molecule has 3 aromatic rings. The molecule has 1 spiro atoms.